The van der Waals surface area contributed by atoms with E-state index in [4.69, 9.17) is 8.83 Å². The molecule has 0 saturated heterocycles. The lowest BCUT2D eigenvalue weighted by Crippen LogP contribution is -1.94. The monoisotopic (exact) mass is 524 g/mol. The van der Waals surface area contributed by atoms with Gasteiger partial charge in [0.25, 0.3) is 0 Å². The Hall–Kier alpha value is -5.79. The number of para-hydroxylation sites is 3. The molecule has 41 heavy (non-hydrogen) atoms. The van der Waals surface area contributed by atoms with Crippen molar-refractivity contribution >= 4 is 65.7 Å². The van der Waals surface area contributed by atoms with Crippen molar-refractivity contribution in [3.63, 3.8) is 0 Å². The van der Waals surface area contributed by atoms with E-state index in [0.717, 1.165) is 82.5 Å². The average Bonchev–Trinajstić information content (AvgIpc) is 3.69. The van der Waals surface area contributed by atoms with Crippen LogP contribution in [0.25, 0.3) is 82.5 Å². The molecule has 0 unspecified atom stereocenters. The highest BCUT2D eigenvalue weighted by Crippen LogP contribution is 2.40. The van der Waals surface area contributed by atoms with Gasteiger partial charge in [0.1, 0.15) is 16.7 Å². The number of aromatic nitrogens is 1. The van der Waals surface area contributed by atoms with Gasteiger partial charge in [-0.05, 0) is 71.8 Å². The van der Waals surface area contributed by atoms with E-state index in [9.17, 15) is 5.26 Å². The van der Waals surface area contributed by atoms with Crippen LogP contribution in [0.15, 0.2) is 130 Å². The largest absolute Gasteiger partial charge is 0.456 e. The first-order chi connectivity index (χ1) is 20.3. The lowest BCUT2D eigenvalue weighted by Gasteiger charge is -2.08. The van der Waals surface area contributed by atoms with Crippen LogP contribution in [0.5, 0.6) is 0 Å². The zero-order valence-electron chi connectivity index (χ0n) is 21.8. The van der Waals surface area contributed by atoms with E-state index in [2.05, 4.69) is 83.4 Å². The molecule has 9 aromatic rings. The van der Waals surface area contributed by atoms with E-state index in [0.29, 0.717) is 5.56 Å². The molecule has 0 spiro atoms. The summed E-state index contributed by atoms with van der Waals surface area (Å²) in [5, 5.41) is 16.1. The van der Waals surface area contributed by atoms with Crippen LogP contribution in [0, 0.1) is 11.3 Å². The number of nitrogens with zero attached hydrogens (tertiary/aromatic N) is 2. The molecule has 0 aliphatic heterocycles. The highest BCUT2D eigenvalue weighted by atomic mass is 16.3. The Labute approximate surface area is 233 Å². The zero-order valence-corrected chi connectivity index (χ0v) is 21.8. The van der Waals surface area contributed by atoms with Crippen LogP contribution in [0.3, 0.4) is 0 Å². The van der Waals surface area contributed by atoms with Crippen LogP contribution in [0.2, 0.25) is 0 Å². The quantitative estimate of drug-likeness (QED) is 0.226. The molecule has 0 bridgehead atoms. The van der Waals surface area contributed by atoms with E-state index >= 15 is 0 Å². The highest BCUT2D eigenvalue weighted by molar-refractivity contribution is 6.13. The van der Waals surface area contributed by atoms with Gasteiger partial charge in [-0.15, -0.1) is 0 Å². The SMILES string of the molecule is N#Cc1ccc2c(c1)c1ccccc1n2-c1cccc2c1oc1ccc(-c3ccc4oc5ccccc5c4c3)cc12. The minimum atomic E-state index is 0.650. The summed E-state index contributed by atoms with van der Waals surface area (Å²) >= 11 is 0. The molecule has 4 nitrogen and oxygen atoms in total. The fourth-order valence-corrected chi connectivity index (χ4v) is 6.35. The molecule has 0 fully saturated rings. The van der Waals surface area contributed by atoms with Crippen molar-refractivity contribution in [2.24, 2.45) is 0 Å². The summed E-state index contributed by atoms with van der Waals surface area (Å²) < 4.78 is 14.9. The Morgan fingerprint density at radius 1 is 0.488 bits per heavy atom. The predicted octanol–water partition coefficient (Wildman–Crippen LogP) is 10.1. The number of hydrogen-bond acceptors (Lipinski definition) is 3. The van der Waals surface area contributed by atoms with Gasteiger partial charge in [0.2, 0.25) is 0 Å². The Balaban J connectivity index is 1.27. The summed E-state index contributed by atoms with van der Waals surface area (Å²) in [6, 6.07) is 43.8. The number of furan rings is 2. The zero-order chi connectivity index (χ0) is 27.1. The number of hydrogen-bond donors (Lipinski definition) is 0. The minimum absolute atomic E-state index is 0.650. The van der Waals surface area contributed by atoms with Crippen molar-refractivity contribution in [1.29, 1.82) is 5.26 Å². The van der Waals surface area contributed by atoms with E-state index < -0.39 is 0 Å². The van der Waals surface area contributed by atoms with Crippen LogP contribution < -0.4 is 0 Å². The van der Waals surface area contributed by atoms with Gasteiger partial charge >= 0.3 is 0 Å². The molecule has 0 saturated carbocycles. The summed E-state index contributed by atoms with van der Waals surface area (Å²) in [4.78, 5) is 0. The van der Waals surface area contributed by atoms with Crippen molar-refractivity contribution < 1.29 is 8.83 Å². The maximum Gasteiger partial charge on any atom is 0.159 e. The van der Waals surface area contributed by atoms with E-state index in [1.807, 2.05) is 48.5 Å². The van der Waals surface area contributed by atoms with E-state index in [-0.39, 0.29) is 0 Å². The maximum absolute atomic E-state index is 9.53. The second kappa shape index (κ2) is 8.11. The van der Waals surface area contributed by atoms with Gasteiger partial charge in [-0.3, -0.25) is 0 Å². The first kappa shape index (κ1) is 22.1. The van der Waals surface area contributed by atoms with E-state index in [1.54, 1.807) is 0 Å². The smallest absolute Gasteiger partial charge is 0.159 e. The van der Waals surface area contributed by atoms with E-state index in [1.165, 1.54) is 0 Å². The molecule has 0 atom stereocenters. The maximum atomic E-state index is 9.53. The molecule has 0 aliphatic rings. The Kier molecular flexibility index (Phi) is 4.37. The van der Waals surface area contributed by atoms with Gasteiger partial charge in [0, 0.05) is 32.3 Å². The fourth-order valence-electron chi connectivity index (χ4n) is 6.35. The molecule has 6 aromatic carbocycles. The number of rotatable bonds is 2. The lowest BCUT2D eigenvalue weighted by atomic mass is 10.0. The standard InChI is InChI=1S/C37H20N2O2/c38-21-22-12-15-32-28(18-22)25-6-1-3-9-31(25)39(32)33-10-5-8-27-30-20-24(14-17-36(30)41-37(27)33)23-13-16-35-29(19-23)26-7-2-4-11-34(26)40-35/h1-20H. The first-order valence-electron chi connectivity index (χ1n) is 13.6. The summed E-state index contributed by atoms with van der Waals surface area (Å²) in [5.41, 5.74) is 9.47. The van der Waals surface area contributed by atoms with Gasteiger partial charge in [0.05, 0.1) is 28.4 Å². The van der Waals surface area contributed by atoms with Gasteiger partial charge in [0.15, 0.2) is 5.58 Å². The average molecular weight is 525 g/mol. The number of fused-ring (bicyclic) bond motifs is 9. The summed E-state index contributed by atoms with van der Waals surface area (Å²) in [6.07, 6.45) is 0. The van der Waals surface area contributed by atoms with Crippen molar-refractivity contribution in [3.8, 4) is 22.9 Å². The molecule has 3 aromatic heterocycles. The van der Waals surface area contributed by atoms with Gasteiger partial charge in [-0.2, -0.15) is 5.26 Å². The molecular formula is C37H20N2O2. The third-order valence-corrected chi connectivity index (χ3v) is 8.23. The third-order valence-electron chi connectivity index (χ3n) is 8.23. The number of benzene rings is 6. The van der Waals surface area contributed by atoms with Crippen molar-refractivity contribution in [2.75, 3.05) is 0 Å². The molecule has 4 heteroatoms. The minimum Gasteiger partial charge on any atom is -0.456 e. The summed E-state index contributed by atoms with van der Waals surface area (Å²) in [5.74, 6) is 0. The fraction of sp³-hybridized carbons (Fsp3) is 0. The normalized spacial score (nSPS) is 11.9. The second-order valence-electron chi connectivity index (χ2n) is 10.5. The second-order valence-corrected chi connectivity index (χ2v) is 10.5. The highest BCUT2D eigenvalue weighted by Gasteiger charge is 2.18. The van der Waals surface area contributed by atoms with Crippen LogP contribution in [0.1, 0.15) is 5.56 Å². The molecular weight excluding hydrogens is 504 g/mol. The van der Waals surface area contributed by atoms with Crippen LogP contribution >= 0.6 is 0 Å². The Morgan fingerprint density at radius 3 is 1.98 bits per heavy atom. The topological polar surface area (TPSA) is 55.0 Å². The molecule has 9 rings (SSSR count). The Morgan fingerprint density at radius 2 is 1.15 bits per heavy atom. The summed E-state index contributed by atoms with van der Waals surface area (Å²) in [6.45, 7) is 0. The molecule has 190 valence electrons. The molecule has 0 radical (unpaired) electrons. The van der Waals surface area contributed by atoms with Crippen LogP contribution in [0.4, 0.5) is 0 Å². The van der Waals surface area contributed by atoms with Crippen LogP contribution in [-0.4, -0.2) is 4.57 Å². The Bertz CT molecular complexity index is 2550. The summed E-state index contributed by atoms with van der Waals surface area (Å²) in [7, 11) is 0. The predicted molar refractivity (Wildman–Crippen MR) is 165 cm³/mol. The molecule has 3 heterocycles. The van der Waals surface area contributed by atoms with Crippen LogP contribution in [-0.2, 0) is 0 Å². The third kappa shape index (κ3) is 3.09. The number of nitriles is 1. The lowest BCUT2D eigenvalue weighted by molar-refractivity contribution is 0.666. The molecule has 0 amide bonds. The van der Waals surface area contributed by atoms with Gasteiger partial charge < -0.3 is 13.4 Å². The first-order valence-corrected chi connectivity index (χ1v) is 13.6. The van der Waals surface area contributed by atoms with Crippen molar-refractivity contribution in [1.82, 2.24) is 4.57 Å². The van der Waals surface area contributed by atoms with Crippen molar-refractivity contribution in [3.05, 3.63) is 127 Å². The van der Waals surface area contributed by atoms with Crippen molar-refractivity contribution in [2.45, 2.75) is 0 Å². The molecule has 0 aliphatic carbocycles. The van der Waals surface area contributed by atoms with Gasteiger partial charge in [-0.25, -0.2) is 0 Å². The molecule has 0 N–H and O–H groups in total. The van der Waals surface area contributed by atoms with Gasteiger partial charge in [-0.1, -0.05) is 60.7 Å².